The summed E-state index contributed by atoms with van der Waals surface area (Å²) in [6.45, 7) is 7.40. The standard InChI is InChI=1S/C16H22ClN3OS/c1-3-20(4-2)16-19-10-14(22-16)9-18-11-15(21)12-5-7-13(17)8-6-12/h5-8,10,15,18,21H,3-4,9,11H2,1-2H3. The first-order valence-electron chi connectivity index (χ1n) is 7.48. The number of nitrogens with zero attached hydrogens (tertiary/aromatic N) is 2. The van der Waals surface area contributed by atoms with E-state index in [1.807, 2.05) is 18.3 Å². The lowest BCUT2D eigenvalue weighted by atomic mass is 10.1. The van der Waals surface area contributed by atoms with Crippen LogP contribution in [-0.4, -0.2) is 29.7 Å². The number of hydrogen-bond acceptors (Lipinski definition) is 5. The summed E-state index contributed by atoms with van der Waals surface area (Å²) in [4.78, 5) is 7.86. The molecule has 0 saturated heterocycles. The van der Waals surface area contributed by atoms with Crippen LogP contribution in [0.4, 0.5) is 5.13 Å². The third-order valence-electron chi connectivity index (χ3n) is 3.47. The molecule has 0 fully saturated rings. The van der Waals surface area contributed by atoms with Crippen molar-refractivity contribution in [3.63, 3.8) is 0 Å². The number of nitrogens with one attached hydrogen (secondary N) is 1. The van der Waals surface area contributed by atoms with E-state index in [9.17, 15) is 5.11 Å². The number of rotatable bonds is 8. The van der Waals surface area contributed by atoms with Crippen molar-refractivity contribution in [3.05, 3.63) is 45.9 Å². The van der Waals surface area contributed by atoms with Gasteiger partial charge in [0, 0.05) is 42.3 Å². The first kappa shape index (κ1) is 17.2. The molecular weight excluding hydrogens is 318 g/mol. The molecule has 1 heterocycles. The molecule has 0 aliphatic rings. The van der Waals surface area contributed by atoms with E-state index in [1.54, 1.807) is 23.5 Å². The van der Waals surface area contributed by atoms with Gasteiger partial charge in [0.15, 0.2) is 5.13 Å². The van der Waals surface area contributed by atoms with Gasteiger partial charge in [-0.1, -0.05) is 23.7 Å². The monoisotopic (exact) mass is 339 g/mol. The molecule has 0 aliphatic carbocycles. The normalized spacial score (nSPS) is 12.4. The van der Waals surface area contributed by atoms with Crippen LogP contribution in [0.2, 0.25) is 5.02 Å². The number of benzene rings is 1. The summed E-state index contributed by atoms with van der Waals surface area (Å²) in [5.74, 6) is 0. The molecular formula is C16H22ClN3OS. The van der Waals surface area contributed by atoms with Crippen LogP contribution in [0.5, 0.6) is 0 Å². The second-order valence-corrected chi connectivity index (χ2v) is 6.51. The van der Waals surface area contributed by atoms with Gasteiger partial charge in [-0.2, -0.15) is 0 Å². The van der Waals surface area contributed by atoms with Gasteiger partial charge in [-0.3, -0.25) is 0 Å². The van der Waals surface area contributed by atoms with Gasteiger partial charge in [-0.25, -0.2) is 4.98 Å². The van der Waals surface area contributed by atoms with E-state index in [2.05, 4.69) is 29.0 Å². The summed E-state index contributed by atoms with van der Waals surface area (Å²) in [6, 6.07) is 7.28. The minimum atomic E-state index is -0.535. The average molecular weight is 340 g/mol. The first-order chi connectivity index (χ1) is 10.6. The van der Waals surface area contributed by atoms with E-state index >= 15 is 0 Å². The zero-order valence-electron chi connectivity index (χ0n) is 12.9. The van der Waals surface area contributed by atoms with E-state index in [-0.39, 0.29) is 0 Å². The zero-order valence-corrected chi connectivity index (χ0v) is 14.5. The van der Waals surface area contributed by atoms with Crippen LogP contribution in [0.1, 0.15) is 30.4 Å². The molecule has 2 rings (SSSR count). The molecule has 2 aromatic rings. The maximum Gasteiger partial charge on any atom is 0.185 e. The van der Waals surface area contributed by atoms with Crippen LogP contribution in [0.15, 0.2) is 30.5 Å². The predicted molar refractivity (Wildman–Crippen MR) is 93.8 cm³/mol. The van der Waals surface area contributed by atoms with Gasteiger partial charge in [-0.05, 0) is 31.5 Å². The van der Waals surface area contributed by atoms with Crippen molar-refractivity contribution in [2.45, 2.75) is 26.5 Å². The number of anilines is 1. The molecule has 0 saturated carbocycles. The second kappa shape index (κ2) is 8.48. The number of aliphatic hydroxyl groups excluding tert-OH is 1. The summed E-state index contributed by atoms with van der Waals surface area (Å²) in [5.41, 5.74) is 0.866. The molecule has 120 valence electrons. The first-order valence-corrected chi connectivity index (χ1v) is 8.67. The Morgan fingerprint density at radius 1 is 1.27 bits per heavy atom. The van der Waals surface area contributed by atoms with Crippen molar-refractivity contribution in [2.24, 2.45) is 0 Å². The summed E-state index contributed by atoms with van der Waals surface area (Å²) >= 11 is 7.54. The van der Waals surface area contributed by atoms with Crippen molar-refractivity contribution < 1.29 is 5.11 Å². The number of aliphatic hydroxyl groups is 1. The highest BCUT2D eigenvalue weighted by atomic mass is 35.5. The van der Waals surface area contributed by atoms with E-state index in [0.29, 0.717) is 18.1 Å². The fourth-order valence-corrected chi connectivity index (χ4v) is 3.29. The Hall–Kier alpha value is -1.14. The van der Waals surface area contributed by atoms with Crippen LogP contribution >= 0.6 is 22.9 Å². The quantitative estimate of drug-likeness (QED) is 0.773. The van der Waals surface area contributed by atoms with Gasteiger partial charge >= 0.3 is 0 Å². The Kier molecular flexibility index (Phi) is 6.64. The van der Waals surface area contributed by atoms with Crippen LogP contribution in [0, 0.1) is 0 Å². The van der Waals surface area contributed by atoms with Gasteiger partial charge in [0.2, 0.25) is 0 Å². The molecule has 4 nitrogen and oxygen atoms in total. The van der Waals surface area contributed by atoms with E-state index in [0.717, 1.165) is 23.8 Å². The molecule has 0 bridgehead atoms. The molecule has 2 N–H and O–H groups in total. The highest BCUT2D eigenvalue weighted by Crippen LogP contribution is 2.22. The van der Waals surface area contributed by atoms with Crippen LogP contribution in [0.25, 0.3) is 0 Å². The maximum atomic E-state index is 10.1. The van der Waals surface area contributed by atoms with E-state index < -0.39 is 6.10 Å². The minimum absolute atomic E-state index is 0.500. The highest BCUT2D eigenvalue weighted by Gasteiger charge is 2.09. The van der Waals surface area contributed by atoms with Gasteiger partial charge in [0.1, 0.15) is 0 Å². The van der Waals surface area contributed by atoms with Crippen LogP contribution < -0.4 is 10.2 Å². The van der Waals surface area contributed by atoms with Gasteiger partial charge in [-0.15, -0.1) is 11.3 Å². The summed E-state index contributed by atoms with van der Waals surface area (Å²) < 4.78 is 0. The Morgan fingerprint density at radius 3 is 2.59 bits per heavy atom. The molecule has 1 aromatic heterocycles. The lowest BCUT2D eigenvalue weighted by molar-refractivity contribution is 0.174. The van der Waals surface area contributed by atoms with Crippen molar-refractivity contribution in [1.29, 1.82) is 0 Å². The molecule has 0 spiro atoms. The van der Waals surface area contributed by atoms with Gasteiger partial charge in [0.05, 0.1) is 6.10 Å². The maximum absolute atomic E-state index is 10.1. The summed E-state index contributed by atoms with van der Waals surface area (Å²) in [7, 11) is 0. The van der Waals surface area contributed by atoms with Crippen LogP contribution in [0.3, 0.4) is 0 Å². The average Bonchev–Trinajstić information content (AvgIpc) is 2.98. The van der Waals surface area contributed by atoms with E-state index in [4.69, 9.17) is 11.6 Å². The number of thiazole rings is 1. The molecule has 1 atom stereocenters. The third-order valence-corrected chi connectivity index (χ3v) is 4.78. The fourth-order valence-electron chi connectivity index (χ4n) is 2.15. The smallest absolute Gasteiger partial charge is 0.185 e. The molecule has 1 aromatic carbocycles. The van der Waals surface area contributed by atoms with Gasteiger partial charge < -0.3 is 15.3 Å². The zero-order chi connectivity index (χ0) is 15.9. The Balaban J connectivity index is 1.82. The molecule has 0 amide bonds. The largest absolute Gasteiger partial charge is 0.387 e. The number of halogens is 1. The van der Waals surface area contributed by atoms with Crippen molar-refractivity contribution in [1.82, 2.24) is 10.3 Å². The second-order valence-electron chi connectivity index (χ2n) is 4.98. The van der Waals surface area contributed by atoms with Crippen LogP contribution in [-0.2, 0) is 6.54 Å². The topological polar surface area (TPSA) is 48.4 Å². The minimum Gasteiger partial charge on any atom is -0.387 e. The lowest BCUT2D eigenvalue weighted by Crippen LogP contribution is -2.21. The fraction of sp³-hybridized carbons (Fsp3) is 0.438. The predicted octanol–water partition coefficient (Wildman–Crippen LogP) is 3.47. The highest BCUT2D eigenvalue weighted by molar-refractivity contribution is 7.15. The molecule has 0 radical (unpaired) electrons. The Morgan fingerprint density at radius 2 is 1.95 bits per heavy atom. The lowest BCUT2D eigenvalue weighted by Gasteiger charge is -2.16. The third kappa shape index (κ3) is 4.68. The Bertz CT molecular complexity index is 569. The Labute approximate surface area is 140 Å². The SMILES string of the molecule is CCN(CC)c1ncc(CNCC(O)c2ccc(Cl)cc2)s1. The van der Waals surface area contributed by atoms with Gasteiger partial charge in [0.25, 0.3) is 0 Å². The molecule has 1 unspecified atom stereocenters. The number of hydrogen-bond donors (Lipinski definition) is 2. The van der Waals surface area contributed by atoms with Crippen molar-refractivity contribution in [2.75, 3.05) is 24.5 Å². The van der Waals surface area contributed by atoms with E-state index in [1.165, 1.54) is 4.88 Å². The summed E-state index contributed by atoms with van der Waals surface area (Å²) in [6.07, 6.45) is 1.37. The van der Waals surface area contributed by atoms with Crippen molar-refractivity contribution in [3.8, 4) is 0 Å². The number of aromatic nitrogens is 1. The summed E-state index contributed by atoms with van der Waals surface area (Å²) in [5, 5.41) is 15.1. The van der Waals surface area contributed by atoms with Crippen molar-refractivity contribution >= 4 is 28.1 Å². The molecule has 6 heteroatoms. The molecule has 0 aliphatic heterocycles. The molecule has 22 heavy (non-hydrogen) atoms.